The minimum Gasteiger partial charge on any atom is -0.494 e. The first-order valence-corrected chi connectivity index (χ1v) is 13.4. The largest absolute Gasteiger partial charge is 0.494 e. The van der Waals surface area contributed by atoms with Crippen molar-refractivity contribution in [1.29, 1.82) is 0 Å². The van der Waals surface area contributed by atoms with Crippen molar-refractivity contribution in [3.05, 3.63) is 78.0 Å². The fourth-order valence-corrected chi connectivity index (χ4v) is 5.67. The lowest BCUT2D eigenvalue weighted by atomic mass is 9.98. The molecule has 0 saturated carbocycles. The van der Waals surface area contributed by atoms with Crippen LogP contribution >= 0.6 is 0 Å². The molecule has 1 saturated heterocycles. The van der Waals surface area contributed by atoms with E-state index in [4.69, 9.17) is 15.2 Å². The van der Waals surface area contributed by atoms with Crippen molar-refractivity contribution in [2.45, 2.75) is 4.90 Å². The first-order chi connectivity index (χ1) is 18.7. The second kappa shape index (κ2) is 10.5. The topological polar surface area (TPSA) is 124 Å². The van der Waals surface area contributed by atoms with E-state index in [9.17, 15) is 22.0 Å². The summed E-state index contributed by atoms with van der Waals surface area (Å²) < 4.78 is 66.9. The Balaban J connectivity index is 1.64. The molecule has 0 radical (unpaired) electrons. The lowest BCUT2D eigenvalue weighted by Crippen LogP contribution is -2.36. The third-order valence-corrected chi connectivity index (χ3v) is 7.79. The van der Waals surface area contributed by atoms with Crippen LogP contribution in [0.3, 0.4) is 0 Å². The third kappa shape index (κ3) is 5.20. The maximum absolute atomic E-state index is 14.3. The maximum atomic E-state index is 14.3. The van der Waals surface area contributed by atoms with Crippen LogP contribution in [0, 0.1) is 11.6 Å². The molecule has 1 aliphatic rings. The number of sulfonamides is 1. The number of fused-ring (bicyclic) bond motifs is 1. The zero-order chi connectivity index (χ0) is 27.7. The fourth-order valence-electron chi connectivity index (χ4n) is 4.56. The van der Waals surface area contributed by atoms with E-state index in [1.807, 2.05) is 18.2 Å². The van der Waals surface area contributed by atoms with Gasteiger partial charge in [-0.05, 0) is 53.6 Å². The number of nitrogens with zero attached hydrogens (tertiary/aromatic N) is 2. The van der Waals surface area contributed by atoms with Gasteiger partial charge in [0.1, 0.15) is 16.5 Å². The predicted molar refractivity (Wildman–Crippen MR) is 142 cm³/mol. The van der Waals surface area contributed by atoms with Crippen LogP contribution in [-0.4, -0.2) is 52.7 Å². The molecule has 4 aromatic rings. The number of carbonyl (C=O) groups is 1. The number of carbonyl (C=O) groups excluding carboxylic acids is 1. The van der Waals surface area contributed by atoms with Crippen LogP contribution in [0.15, 0.2) is 65.7 Å². The van der Waals surface area contributed by atoms with E-state index < -0.39 is 32.5 Å². The van der Waals surface area contributed by atoms with Gasteiger partial charge in [-0.1, -0.05) is 6.07 Å². The summed E-state index contributed by atoms with van der Waals surface area (Å²) in [6.07, 6.45) is 1.73. The van der Waals surface area contributed by atoms with Gasteiger partial charge in [0.25, 0.3) is 15.9 Å². The number of nitrogens with one attached hydrogen (secondary N) is 1. The molecule has 2 heterocycles. The lowest BCUT2D eigenvalue weighted by Gasteiger charge is -2.29. The van der Waals surface area contributed by atoms with Gasteiger partial charge >= 0.3 is 0 Å². The van der Waals surface area contributed by atoms with Crippen molar-refractivity contribution in [3.63, 3.8) is 0 Å². The van der Waals surface area contributed by atoms with Gasteiger partial charge in [0.15, 0.2) is 5.75 Å². The molecule has 0 atom stereocenters. The molecule has 0 unspecified atom stereocenters. The van der Waals surface area contributed by atoms with Gasteiger partial charge in [0.2, 0.25) is 0 Å². The van der Waals surface area contributed by atoms with E-state index in [0.29, 0.717) is 43.5 Å². The number of nitrogens with two attached hydrogens (primary N) is 1. The molecule has 9 nitrogen and oxygen atoms in total. The molecular formula is C27H24F2N4O5S. The molecular weight excluding hydrogens is 530 g/mol. The van der Waals surface area contributed by atoms with Crippen molar-refractivity contribution in [2.24, 2.45) is 5.73 Å². The van der Waals surface area contributed by atoms with Crippen LogP contribution in [-0.2, 0) is 14.8 Å². The Morgan fingerprint density at radius 2 is 1.82 bits per heavy atom. The number of methoxy groups -OCH3 is 1. The number of primary amides is 1. The Hall–Kier alpha value is -4.29. The van der Waals surface area contributed by atoms with Crippen LogP contribution < -0.4 is 20.1 Å². The molecule has 0 bridgehead atoms. The van der Waals surface area contributed by atoms with Crippen LogP contribution in [0.4, 0.5) is 20.2 Å². The van der Waals surface area contributed by atoms with Crippen molar-refractivity contribution >= 4 is 38.2 Å². The summed E-state index contributed by atoms with van der Waals surface area (Å²) >= 11 is 0. The number of halogens is 2. The van der Waals surface area contributed by atoms with Gasteiger partial charge in [-0.3, -0.25) is 14.5 Å². The van der Waals surface area contributed by atoms with Crippen LogP contribution in [0.25, 0.3) is 22.0 Å². The second-order valence-electron chi connectivity index (χ2n) is 8.81. The van der Waals surface area contributed by atoms with Crippen molar-refractivity contribution < 1.29 is 31.5 Å². The Bertz CT molecular complexity index is 1690. The average molecular weight is 555 g/mol. The highest BCUT2D eigenvalue weighted by Crippen LogP contribution is 2.38. The van der Waals surface area contributed by atoms with Crippen LogP contribution in [0.2, 0.25) is 0 Å². The molecule has 1 aliphatic heterocycles. The number of morpholine rings is 1. The standard InChI is InChI=1S/C27H24F2N4O5S/c1-37-26-20(27(30)34)13-17(14-23(26)32-39(35,36)25-5-3-18(28)15-21(25)29)16-2-4-22-19(12-16)24(6-7-31-22)33-8-10-38-11-9-33/h2-7,12-15,32H,8-11H2,1H3,(H2,30,34). The summed E-state index contributed by atoms with van der Waals surface area (Å²) in [7, 11) is -3.30. The van der Waals surface area contributed by atoms with E-state index in [1.54, 1.807) is 12.3 Å². The molecule has 3 N–H and O–H groups in total. The molecule has 39 heavy (non-hydrogen) atoms. The number of hydrogen-bond acceptors (Lipinski definition) is 7. The van der Waals surface area contributed by atoms with E-state index in [2.05, 4.69) is 14.6 Å². The summed E-state index contributed by atoms with van der Waals surface area (Å²) in [5, 5.41) is 0.851. The Morgan fingerprint density at radius 3 is 2.51 bits per heavy atom. The summed E-state index contributed by atoms with van der Waals surface area (Å²) in [6, 6.07) is 12.4. The lowest BCUT2D eigenvalue weighted by molar-refractivity contribution is 0.0997. The van der Waals surface area contributed by atoms with Gasteiger partial charge in [0, 0.05) is 36.4 Å². The Morgan fingerprint density at radius 1 is 1.05 bits per heavy atom. The van der Waals surface area contributed by atoms with Crippen LogP contribution in [0.1, 0.15) is 10.4 Å². The highest BCUT2D eigenvalue weighted by Gasteiger charge is 2.25. The minimum absolute atomic E-state index is 0.0908. The number of benzene rings is 3. The number of anilines is 2. The smallest absolute Gasteiger partial charge is 0.264 e. The summed E-state index contributed by atoms with van der Waals surface area (Å²) in [5.74, 6) is -3.21. The minimum atomic E-state index is -4.54. The maximum Gasteiger partial charge on any atom is 0.264 e. The molecule has 1 aromatic heterocycles. The molecule has 0 aliphatic carbocycles. The Kier molecular flexibility index (Phi) is 7.06. The second-order valence-corrected chi connectivity index (χ2v) is 10.5. The zero-order valence-electron chi connectivity index (χ0n) is 20.8. The molecule has 1 amide bonds. The fraction of sp³-hybridized carbons (Fsp3) is 0.185. The Labute approximate surface area is 223 Å². The van der Waals surface area contributed by atoms with E-state index in [1.165, 1.54) is 19.2 Å². The van der Waals surface area contributed by atoms with Gasteiger partial charge in [-0.25, -0.2) is 17.2 Å². The molecule has 5 rings (SSSR count). The summed E-state index contributed by atoms with van der Waals surface area (Å²) in [4.78, 5) is 18.2. The van der Waals surface area contributed by atoms with Crippen LogP contribution in [0.5, 0.6) is 5.75 Å². The highest BCUT2D eigenvalue weighted by atomic mass is 32.2. The molecule has 0 spiro atoms. The SMILES string of the molecule is COc1c(NS(=O)(=O)c2ccc(F)cc2F)cc(-c2ccc3nccc(N4CCOCC4)c3c2)cc1C(N)=O. The monoisotopic (exact) mass is 554 g/mol. The number of rotatable bonds is 7. The molecule has 1 fully saturated rings. The molecule has 3 aromatic carbocycles. The van der Waals surface area contributed by atoms with E-state index in [-0.39, 0.29) is 17.0 Å². The number of hydrogen-bond donors (Lipinski definition) is 2. The predicted octanol–water partition coefficient (Wildman–Crippen LogP) is 3.92. The molecule has 12 heteroatoms. The quantitative estimate of drug-likeness (QED) is 0.355. The van der Waals surface area contributed by atoms with Crippen molar-refractivity contribution in [2.75, 3.05) is 43.0 Å². The normalized spacial score (nSPS) is 13.9. The van der Waals surface area contributed by atoms with Gasteiger partial charge in [-0.15, -0.1) is 0 Å². The first kappa shape index (κ1) is 26.3. The summed E-state index contributed by atoms with van der Waals surface area (Å²) in [5.41, 5.74) is 8.17. The number of pyridine rings is 1. The number of amides is 1. The van der Waals surface area contributed by atoms with E-state index in [0.717, 1.165) is 28.7 Å². The van der Waals surface area contributed by atoms with Gasteiger partial charge in [0.05, 0.1) is 37.1 Å². The van der Waals surface area contributed by atoms with E-state index >= 15 is 0 Å². The average Bonchev–Trinajstić information content (AvgIpc) is 2.92. The van der Waals surface area contributed by atoms with Crippen molar-refractivity contribution in [1.82, 2.24) is 4.98 Å². The zero-order valence-corrected chi connectivity index (χ0v) is 21.6. The highest BCUT2D eigenvalue weighted by molar-refractivity contribution is 7.92. The first-order valence-electron chi connectivity index (χ1n) is 11.9. The third-order valence-electron chi connectivity index (χ3n) is 6.39. The molecule has 202 valence electrons. The van der Waals surface area contributed by atoms with Gasteiger partial charge in [-0.2, -0.15) is 0 Å². The van der Waals surface area contributed by atoms with Gasteiger partial charge < -0.3 is 20.1 Å². The number of aromatic nitrogens is 1. The van der Waals surface area contributed by atoms with Crippen molar-refractivity contribution in [3.8, 4) is 16.9 Å². The summed E-state index contributed by atoms with van der Waals surface area (Å²) in [6.45, 7) is 2.62. The number of ether oxygens (including phenoxy) is 2.